The molecule has 2 N–H and O–H groups in total. The molecule has 0 fully saturated rings. The Hall–Kier alpha value is -2.58. The molecule has 0 unspecified atom stereocenters. The van der Waals surface area contributed by atoms with Gasteiger partial charge in [0.25, 0.3) is 5.97 Å². The molecule has 0 aromatic heterocycles. The maximum atomic E-state index is 12.3. The van der Waals surface area contributed by atoms with E-state index in [2.05, 4.69) is 22.4 Å². The van der Waals surface area contributed by atoms with Gasteiger partial charge in [-0.3, -0.25) is 4.79 Å². The third kappa shape index (κ3) is 6.45. The van der Waals surface area contributed by atoms with Gasteiger partial charge in [-0.1, -0.05) is 24.3 Å². The first-order chi connectivity index (χ1) is 14.9. The summed E-state index contributed by atoms with van der Waals surface area (Å²) in [4.78, 5) is 26.1. The second-order valence-electron chi connectivity index (χ2n) is 6.78. The van der Waals surface area contributed by atoms with Crippen molar-refractivity contribution < 1.29 is 19.4 Å². The summed E-state index contributed by atoms with van der Waals surface area (Å²) < 4.78 is 6.84. The number of benzene rings is 3. The van der Waals surface area contributed by atoms with Crippen LogP contribution in [0, 0.1) is 0 Å². The number of carbonyl (C=O) groups is 2. The summed E-state index contributed by atoms with van der Waals surface area (Å²) in [5, 5.41) is 13.4. The van der Waals surface area contributed by atoms with Crippen LogP contribution >= 0.6 is 11.8 Å². The number of nitrogens with one attached hydrogen (secondary N) is 1. The predicted octanol–water partition coefficient (Wildman–Crippen LogP) is 3.82. The Balaban J connectivity index is 0.000000628. The van der Waals surface area contributed by atoms with Crippen LogP contribution in [0.4, 0.5) is 5.69 Å². The number of amides is 1. The topological polar surface area (TPSA) is 88.0 Å². The predicted molar refractivity (Wildman–Crippen MR) is 127 cm³/mol. The monoisotopic (exact) mass is 442 g/mol. The number of carbonyl (C=O) groups excluding carboxylic acids is 1. The number of carboxylic acids is 1. The summed E-state index contributed by atoms with van der Waals surface area (Å²) in [5.74, 6) is -0.337. The van der Waals surface area contributed by atoms with E-state index < -0.39 is 5.97 Å². The van der Waals surface area contributed by atoms with Gasteiger partial charge in [0, 0.05) is 6.92 Å². The van der Waals surface area contributed by atoms with E-state index in [1.54, 1.807) is 7.11 Å². The molecule has 1 aliphatic heterocycles. The first-order valence-corrected chi connectivity index (χ1v) is 11.3. The van der Waals surface area contributed by atoms with Crippen molar-refractivity contribution in [3.8, 4) is 5.75 Å². The van der Waals surface area contributed by atoms with E-state index in [4.69, 9.17) is 14.6 Å². The number of nitrogens with zero attached hydrogens (tertiary/aromatic N) is 1. The van der Waals surface area contributed by atoms with Crippen LogP contribution in [-0.4, -0.2) is 57.2 Å². The number of rotatable bonds is 3. The molecule has 0 saturated carbocycles. The molecule has 31 heavy (non-hydrogen) atoms. The number of ether oxygens (including phenoxy) is 1. The number of aliphatic imine (C=N–C) groups is 1. The fourth-order valence-corrected chi connectivity index (χ4v) is 4.05. The normalized spacial score (nSPS) is 14.1. The second-order valence-corrected chi connectivity index (χ2v) is 8.97. The number of methoxy groups -OCH3 is 1. The molecule has 1 amide bonds. The summed E-state index contributed by atoms with van der Waals surface area (Å²) in [6.07, 6.45) is 1.84. The summed E-state index contributed by atoms with van der Waals surface area (Å²) >= 11 is 2.36. The molecule has 0 aliphatic carbocycles. The summed E-state index contributed by atoms with van der Waals surface area (Å²) in [5.41, 5.74) is 1.79. The zero-order valence-corrected chi connectivity index (χ0v) is 20.2. The van der Waals surface area contributed by atoms with Gasteiger partial charge in [-0.25, -0.2) is 0 Å². The minimum absolute atomic E-state index is 0.239. The zero-order chi connectivity index (χ0) is 22.4. The molecule has 3 aromatic rings. The Morgan fingerprint density at radius 3 is 2.35 bits per heavy atom. The van der Waals surface area contributed by atoms with Crippen molar-refractivity contribution in [2.24, 2.45) is 4.99 Å². The van der Waals surface area contributed by atoms with Gasteiger partial charge in [0.1, 0.15) is 0 Å². The summed E-state index contributed by atoms with van der Waals surface area (Å²) in [6.45, 7) is 1.08. The Bertz CT molecular complexity index is 1190. The third-order valence-electron chi connectivity index (χ3n) is 4.31. The van der Waals surface area contributed by atoms with Gasteiger partial charge in [-0.2, -0.15) is 0 Å². The van der Waals surface area contributed by atoms with Crippen LogP contribution in [0.2, 0.25) is 0 Å². The van der Waals surface area contributed by atoms with Crippen molar-refractivity contribution in [2.45, 2.75) is 6.92 Å². The van der Waals surface area contributed by atoms with E-state index in [9.17, 15) is 4.79 Å². The maximum absolute atomic E-state index is 12.3. The number of anilines is 1. The molecule has 8 heteroatoms. The van der Waals surface area contributed by atoms with E-state index in [-0.39, 0.29) is 5.91 Å². The molecule has 0 atom stereocenters. The second kappa shape index (κ2) is 10.6. The summed E-state index contributed by atoms with van der Waals surface area (Å²) in [6, 6.07) is 20.3. The van der Waals surface area contributed by atoms with Crippen molar-refractivity contribution in [2.75, 3.05) is 12.4 Å². The molecule has 1 heterocycles. The Morgan fingerprint density at radius 1 is 1.13 bits per heavy atom. The number of aliphatic carboxylic acids is 1. The van der Waals surface area contributed by atoms with Crippen LogP contribution in [0.1, 0.15) is 12.5 Å². The fourth-order valence-electron chi connectivity index (χ4n) is 2.89. The average Bonchev–Trinajstić information content (AvgIpc) is 3.07. The van der Waals surface area contributed by atoms with Crippen LogP contribution < -0.4 is 12.9 Å². The number of hydrogen-bond acceptors (Lipinski definition) is 5. The molecule has 0 spiro atoms. The van der Waals surface area contributed by atoms with E-state index in [0.29, 0.717) is 10.1 Å². The van der Waals surface area contributed by atoms with Crippen molar-refractivity contribution >= 4 is 82.1 Å². The van der Waals surface area contributed by atoms with Gasteiger partial charge in [-0.05, 0) is 5.39 Å². The first kappa shape index (κ1) is 23.1. The standard InChI is InChI=1S/C21H15N2O2S.C2H4O2.Na/c1-25-18-12-15-8-6-5-7-14(15)11-16(18)13-19-20(24)23-21(26-19)22-17-9-3-2-4-10-17;1-2(3)4;/h3-13H,1H3,(H,22,23,24);1H3,(H,3,4);. The molecule has 152 valence electrons. The van der Waals surface area contributed by atoms with Crippen LogP contribution in [0.3, 0.4) is 0 Å². The number of carboxylic acid groups (broad SMARTS) is 1. The molecular formula is C23H19N2NaO4S. The molecule has 0 saturated heterocycles. The number of hydrogen-bond donors (Lipinski definition) is 2. The molecule has 0 radical (unpaired) electrons. The molecule has 6 nitrogen and oxygen atoms in total. The fraction of sp³-hybridized carbons (Fsp3) is 0.0870. The first-order valence-electron chi connectivity index (χ1n) is 9.48. The van der Waals surface area contributed by atoms with Crippen LogP contribution in [0.15, 0.2) is 70.6 Å². The Morgan fingerprint density at radius 2 is 1.74 bits per heavy atom. The molecular weight excluding hydrogens is 423 g/mol. The van der Waals surface area contributed by atoms with Crippen LogP contribution in [-0.2, 0) is 9.59 Å². The van der Waals surface area contributed by atoms with Gasteiger partial charge in [0.15, 0.2) is 0 Å². The molecule has 0 bridgehead atoms. The Kier molecular flexibility index (Phi) is 7.92. The van der Waals surface area contributed by atoms with E-state index in [0.717, 1.165) is 62.6 Å². The van der Waals surface area contributed by atoms with Crippen molar-refractivity contribution in [1.29, 1.82) is 0 Å². The van der Waals surface area contributed by atoms with Crippen molar-refractivity contribution in [3.05, 3.63) is 71.1 Å². The molecule has 3 aromatic carbocycles. The van der Waals surface area contributed by atoms with Gasteiger partial charge in [0.2, 0.25) is 0 Å². The van der Waals surface area contributed by atoms with Crippen LogP contribution in [0.25, 0.3) is 16.8 Å². The van der Waals surface area contributed by atoms with Crippen molar-refractivity contribution in [1.82, 2.24) is 0 Å². The number of thioether (sulfide) groups is 1. The van der Waals surface area contributed by atoms with Crippen LogP contribution in [0.5, 0.6) is 5.75 Å². The van der Waals surface area contributed by atoms with Crippen molar-refractivity contribution in [3.63, 3.8) is 0 Å². The third-order valence-corrected chi connectivity index (χ3v) is 5.87. The van der Waals surface area contributed by atoms with Gasteiger partial charge in [0.05, 0.1) is 7.11 Å². The SMILES string of the molecule is CC(=O)O.COc1cc2ccccc2cc1C=C1SC(Nc2cc[c]([Na])cc2)=NC1=O. The average molecular weight is 442 g/mol. The van der Waals surface area contributed by atoms with E-state index in [1.807, 2.05) is 54.6 Å². The quantitative estimate of drug-likeness (QED) is 0.474. The van der Waals surface area contributed by atoms with Gasteiger partial charge >= 0.3 is 143 Å². The number of amidine groups is 1. The molecule has 1 aliphatic rings. The van der Waals surface area contributed by atoms with Gasteiger partial charge < -0.3 is 5.11 Å². The molecule has 4 rings (SSSR count). The van der Waals surface area contributed by atoms with Gasteiger partial charge in [-0.15, -0.1) is 0 Å². The van der Waals surface area contributed by atoms with E-state index in [1.165, 1.54) is 14.6 Å². The summed E-state index contributed by atoms with van der Waals surface area (Å²) in [7, 11) is 1.64. The number of fused-ring (bicyclic) bond motifs is 1. The zero-order valence-electron chi connectivity index (χ0n) is 17.4. The van der Waals surface area contributed by atoms with E-state index >= 15 is 0 Å². The Labute approximate surface area is 201 Å². The minimum atomic E-state index is -0.833.